The summed E-state index contributed by atoms with van der Waals surface area (Å²) in [6, 6.07) is 4.55. The second-order valence-electron chi connectivity index (χ2n) is 7.00. The predicted molar refractivity (Wildman–Crippen MR) is 92.3 cm³/mol. The van der Waals surface area contributed by atoms with Gasteiger partial charge >= 0.3 is 0 Å². The first-order valence-electron chi connectivity index (χ1n) is 8.72. The van der Waals surface area contributed by atoms with Crippen LogP contribution in [0.3, 0.4) is 0 Å². The molecule has 1 aliphatic carbocycles. The van der Waals surface area contributed by atoms with Crippen LogP contribution in [0.2, 0.25) is 0 Å². The van der Waals surface area contributed by atoms with Crippen LogP contribution in [0.5, 0.6) is 11.5 Å². The Kier molecular flexibility index (Phi) is 3.96. The number of nitrogens with zero attached hydrogens (tertiary/aromatic N) is 2. The first-order valence-corrected chi connectivity index (χ1v) is 8.72. The highest BCUT2D eigenvalue weighted by Crippen LogP contribution is 2.41. The van der Waals surface area contributed by atoms with E-state index in [1.807, 2.05) is 12.4 Å². The molecule has 5 heteroatoms. The van der Waals surface area contributed by atoms with Crippen LogP contribution >= 0.6 is 0 Å². The van der Waals surface area contributed by atoms with Crippen molar-refractivity contribution < 1.29 is 9.47 Å². The number of aryl methyl sites for hydroxylation is 1. The number of imidazole rings is 1. The molecular weight excluding hydrogens is 302 g/mol. The number of methoxy groups -OCH3 is 1. The summed E-state index contributed by atoms with van der Waals surface area (Å²) in [4.78, 5) is 4.54. The van der Waals surface area contributed by atoms with Crippen LogP contribution in [-0.4, -0.2) is 22.8 Å². The van der Waals surface area contributed by atoms with Crippen LogP contribution in [0, 0.1) is 5.92 Å². The van der Waals surface area contributed by atoms with Crippen molar-refractivity contribution in [3.05, 3.63) is 41.5 Å². The SMILES string of the molecule is COc1cc2c(cc1CN[C@@H](c1nccn1C)C1CC1)O[C@H](C)C2. The van der Waals surface area contributed by atoms with Crippen molar-refractivity contribution >= 4 is 0 Å². The lowest BCUT2D eigenvalue weighted by atomic mass is 10.1. The van der Waals surface area contributed by atoms with Crippen LogP contribution in [0.1, 0.15) is 42.8 Å². The van der Waals surface area contributed by atoms with E-state index in [1.54, 1.807) is 7.11 Å². The third-order valence-electron chi connectivity index (χ3n) is 5.04. The number of hydrogen-bond acceptors (Lipinski definition) is 4. The van der Waals surface area contributed by atoms with Crippen molar-refractivity contribution in [2.24, 2.45) is 13.0 Å². The van der Waals surface area contributed by atoms with E-state index in [-0.39, 0.29) is 6.10 Å². The topological polar surface area (TPSA) is 48.3 Å². The third kappa shape index (κ3) is 2.88. The third-order valence-corrected chi connectivity index (χ3v) is 5.04. The van der Waals surface area contributed by atoms with Crippen LogP contribution in [0.15, 0.2) is 24.5 Å². The molecule has 0 spiro atoms. The van der Waals surface area contributed by atoms with Crippen LogP contribution in [-0.2, 0) is 20.0 Å². The van der Waals surface area contributed by atoms with E-state index in [0.29, 0.717) is 12.0 Å². The van der Waals surface area contributed by atoms with Gasteiger partial charge in [0.1, 0.15) is 23.4 Å². The summed E-state index contributed by atoms with van der Waals surface area (Å²) < 4.78 is 13.6. The van der Waals surface area contributed by atoms with Gasteiger partial charge in [0, 0.05) is 43.5 Å². The average molecular weight is 327 g/mol. The molecule has 2 aromatic rings. The maximum atomic E-state index is 5.91. The number of benzene rings is 1. The van der Waals surface area contributed by atoms with Gasteiger partial charge in [-0.25, -0.2) is 4.98 Å². The van der Waals surface area contributed by atoms with E-state index in [9.17, 15) is 0 Å². The summed E-state index contributed by atoms with van der Waals surface area (Å²) in [6.07, 6.45) is 7.63. The molecule has 2 aliphatic rings. The molecule has 1 fully saturated rings. The maximum absolute atomic E-state index is 5.91. The highest BCUT2D eigenvalue weighted by atomic mass is 16.5. The molecule has 128 valence electrons. The molecule has 0 amide bonds. The number of hydrogen-bond donors (Lipinski definition) is 1. The minimum Gasteiger partial charge on any atom is -0.496 e. The Morgan fingerprint density at radius 2 is 2.25 bits per heavy atom. The molecule has 0 unspecified atom stereocenters. The average Bonchev–Trinajstić information content (AvgIpc) is 3.21. The molecule has 2 heterocycles. The number of aromatic nitrogens is 2. The van der Waals surface area contributed by atoms with Gasteiger partial charge in [-0.3, -0.25) is 0 Å². The van der Waals surface area contributed by atoms with E-state index in [2.05, 4.69) is 41.0 Å². The quantitative estimate of drug-likeness (QED) is 0.886. The fraction of sp³-hybridized carbons (Fsp3) is 0.526. The maximum Gasteiger partial charge on any atom is 0.125 e. The normalized spacial score (nSPS) is 20.5. The zero-order valence-electron chi connectivity index (χ0n) is 14.6. The largest absolute Gasteiger partial charge is 0.496 e. The minimum atomic E-state index is 0.250. The fourth-order valence-corrected chi connectivity index (χ4v) is 3.60. The van der Waals surface area contributed by atoms with Gasteiger partial charge in [0.25, 0.3) is 0 Å². The number of fused-ring (bicyclic) bond motifs is 1. The van der Waals surface area contributed by atoms with Crippen molar-refractivity contribution in [2.75, 3.05) is 7.11 Å². The molecule has 4 rings (SSSR count). The van der Waals surface area contributed by atoms with Gasteiger partial charge in [-0.2, -0.15) is 0 Å². The first kappa shape index (κ1) is 15.5. The Balaban J connectivity index is 1.54. The zero-order chi connectivity index (χ0) is 16.7. The second kappa shape index (κ2) is 6.13. The molecule has 0 radical (unpaired) electrons. The molecule has 1 saturated carbocycles. The summed E-state index contributed by atoms with van der Waals surface area (Å²) in [5, 5.41) is 3.70. The van der Waals surface area contributed by atoms with Crippen molar-refractivity contribution in [2.45, 2.75) is 44.9 Å². The highest BCUT2D eigenvalue weighted by molar-refractivity contribution is 5.48. The molecule has 1 aromatic carbocycles. The molecule has 24 heavy (non-hydrogen) atoms. The van der Waals surface area contributed by atoms with Crippen LogP contribution < -0.4 is 14.8 Å². The van der Waals surface area contributed by atoms with E-state index < -0.39 is 0 Å². The van der Waals surface area contributed by atoms with Gasteiger partial charge in [0.15, 0.2) is 0 Å². The number of rotatable bonds is 6. The summed E-state index contributed by atoms with van der Waals surface area (Å²) in [7, 11) is 3.80. The van der Waals surface area contributed by atoms with Gasteiger partial charge < -0.3 is 19.4 Å². The van der Waals surface area contributed by atoms with Gasteiger partial charge in [-0.1, -0.05) is 0 Å². The molecule has 1 N–H and O–H groups in total. The minimum absolute atomic E-state index is 0.250. The van der Waals surface area contributed by atoms with Crippen LogP contribution in [0.25, 0.3) is 0 Å². The molecule has 1 aliphatic heterocycles. The lowest BCUT2D eigenvalue weighted by Gasteiger charge is -2.19. The van der Waals surface area contributed by atoms with E-state index in [0.717, 1.165) is 35.9 Å². The molecular formula is C19H25N3O2. The number of nitrogens with one attached hydrogen (secondary N) is 1. The van der Waals surface area contributed by atoms with Gasteiger partial charge in [-0.15, -0.1) is 0 Å². The van der Waals surface area contributed by atoms with Crippen molar-refractivity contribution in [3.8, 4) is 11.5 Å². The lowest BCUT2D eigenvalue weighted by Crippen LogP contribution is -2.25. The fourth-order valence-electron chi connectivity index (χ4n) is 3.60. The summed E-state index contributed by atoms with van der Waals surface area (Å²) in [5.41, 5.74) is 2.39. The summed E-state index contributed by atoms with van der Waals surface area (Å²) >= 11 is 0. The molecule has 1 aromatic heterocycles. The first-order chi connectivity index (χ1) is 11.7. The van der Waals surface area contributed by atoms with E-state index >= 15 is 0 Å². The molecule has 2 atom stereocenters. The summed E-state index contributed by atoms with van der Waals surface area (Å²) in [6.45, 7) is 2.86. The van der Waals surface area contributed by atoms with Gasteiger partial charge in [-0.05, 0) is 37.8 Å². The van der Waals surface area contributed by atoms with Crippen molar-refractivity contribution in [1.29, 1.82) is 0 Å². The Bertz CT molecular complexity index is 736. The monoisotopic (exact) mass is 327 g/mol. The van der Waals surface area contributed by atoms with Gasteiger partial charge in [0.05, 0.1) is 13.2 Å². The predicted octanol–water partition coefficient (Wildman–Crippen LogP) is 2.99. The Labute approximate surface area is 143 Å². The smallest absolute Gasteiger partial charge is 0.125 e. The molecule has 5 nitrogen and oxygen atoms in total. The van der Waals surface area contributed by atoms with Crippen molar-refractivity contribution in [1.82, 2.24) is 14.9 Å². The standard InChI is InChI=1S/C19H25N3O2/c1-12-8-14-9-16(23-3)15(10-17(14)24-12)11-21-18(13-4-5-13)19-20-6-7-22(19)2/h6-7,9-10,12-13,18,21H,4-5,8,11H2,1-3H3/t12-,18-/m1/s1. The lowest BCUT2D eigenvalue weighted by molar-refractivity contribution is 0.254. The Morgan fingerprint density at radius 3 is 2.92 bits per heavy atom. The van der Waals surface area contributed by atoms with Crippen LogP contribution in [0.4, 0.5) is 0 Å². The van der Waals surface area contributed by atoms with E-state index in [1.165, 1.54) is 18.4 Å². The summed E-state index contributed by atoms with van der Waals surface area (Å²) in [5.74, 6) is 3.73. The van der Waals surface area contributed by atoms with E-state index in [4.69, 9.17) is 9.47 Å². The molecule has 0 saturated heterocycles. The van der Waals surface area contributed by atoms with Crippen molar-refractivity contribution in [3.63, 3.8) is 0 Å². The number of ether oxygens (including phenoxy) is 2. The Hall–Kier alpha value is -2.01. The van der Waals surface area contributed by atoms with Gasteiger partial charge in [0.2, 0.25) is 0 Å². The second-order valence-corrected chi connectivity index (χ2v) is 7.00. The zero-order valence-corrected chi connectivity index (χ0v) is 14.6. The highest BCUT2D eigenvalue weighted by Gasteiger charge is 2.34. The molecule has 0 bridgehead atoms. The Morgan fingerprint density at radius 1 is 1.42 bits per heavy atom.